The summed E-state index contributed by atoms with van der Waals surface area (Å²) in [6.07, 6.45) is 8.30. The Morgan fingerprint density at radius 2 is 2.07 bits per heavy atom. The number of nitrogens with zero attached hydrogens (tertiary/aromatic N) is 6. The molecule has 0 unspecified atom stereocenters. The first-order valence-electron chi connectivity index (χ1n) is 10.3. The molecule has 0 aliphatic carbocycles. The lowest BCUT2D eigenvalue weighted by molar-refractivity contribution is -0.144. The minimum atomic E-state index is -0.126. The van der Waals surface area contributed by atoms with Crippen molar-refractivity contribution in [3.63, 3.8) is 0 Å². The summed E-state index contributed by atoms with van der Waals surface area (Å²) in [4.78, 5) is 37.5. The van der Waals surface area contributed by atoms with Crippen molar-refractivity contribution in [3.05, 3.63) is 42.7 Å². The van der Waals surface area contributed by atoms with E-state index in [1.807, 2.05) is 34.9 Å². The van der Waals surface area contributed by atoms with Gasteiger partial charge in [-0.15, -0.1) is 0 Å². The van der Waals surface area contributed by atoms with E-state index in [0.717, 1.165) is 44.6 Å². The fraction of sp³-hybridized carbons (Fsp3) is 0.571. The Labute approximate surface area is 170 Å². The Morgan fingerprint density at radius 1 is 1.24 bits per heavy atom. The molecule has 2 aliphatic rings. The summed E-state index contributed by atoms with van der Waals surface area (Å²) in [7, 11) is 0. The van der Waals surface area contributed by atoms with Gasteiger partial charge in [-0.1, -0.05) is 13.0 Å². The minimum Gasteiger partial charge on any atom is -0.342 e. The first kappa shape index (κ1) is 19.5. The molecule has 29 heavy (non-hydrogen) atoms. The highest BCUT2D eigenvalue weighted by molar-refractivity contribution is 5.79. The number of piperidine rings is 2. The molecule has 8 heteroatoms. The molecule has 0 radical (unpaired) electrons. The van der Waals surface area contributed by atoms with Gasteiger partial charge in [-0.05, 0) is 36.8 Å². The smallest absolute Gasteiger partial charge is 0.227 e. The predicted octanol–water partition coefficient (Wildman–Crippen LogP) is 1.74. The van der Waals surface area contributed by atoms with Gasteiger partial charge in [0.05, 0.1) is 24.7 Å². The molecular formula is C21H28N6O2. The Kier molecular flexibility index (Phi) is 5.60. The van der Waals surface area contributed by atoms with Gasteiger partial charge >= 0.3 is 0 Å². The highest BCUT2D eigenvalue weighted by Gasteiger charge is 2.42. The van der Waals surface area contributed by atoms with Gasteiger partial charge in [0.1, 0.15) is 12.7 Å². The maximum atomic E-state index is 12.8. The Hall–Kier alpha value is -2.77. The Balaban J connectivity index is 1.34. The largest absolute Gasteiger partial charge is 0.342 e. The summed E-state index contributed by atoms with van der Waals surface area (Å²) < 4.78 is 1.70. The molecule has 2 aromatic heterocycles. The number of aromatic nitrogens is 4. The van der Waals surface area contributed by atoms with E-state index in [-0.39, 0.29) is 23.1 Å². The number of carbonyl (C=O) groups excluding carboxylic acids is 2. The summed E-state index contributed by atoms with van der Waals surface area (Å²) in [5.74, 6) is 0.258. The van der Waals surface area contributed by atoms with Crippen molar-refractivity contribution in [2.24, 2.45) is 11.3 Å². The molecule has 0 aromatic carbocycles. The zero-order chi connectivity index (χ0) is 20.3. The lowest BCUT2D eigenvalue weighted by Gasteiger charge is -2.47. The van der Waals surface area contributed by atoms with Gasteiger partial charge in [0.15, 0.2) is 0 Å². The van der Waals surface area contributed by atoms with Crippen LogP contribution in [0.5, 0.6) is 0 Å². The summed E-state index contributed by atoms with van der Waals surface area (Å²) >= 11 is 0. The van der Waals surface area contributed by atoms with Gasteiger partial charge < -0.3 is 9.80 Å². The number of rotatable bonds is 5. The molecule has 1 spiro atoms. The molecule has 8 nitrogen and oxygen atoms in total. The Bertz CT molecular complexity index is 830. The van der Waals surface area contributed by atoms with Crippen LogP contribution in [0.25, 0.3) is 0 Å². The van der Waals surface area contributed by atoms with Crippen molar-refractivity contribution in [3.8, 4) is 0 Å². The first-order chi connectivity index (χ1) is 14.0. The third-order valence-electron chi connectivity index (χ3n) is 6.31. The van der Waals surface area contributed by atoms with Gasteiger partial charge in [0, 0.05) is 32.3 Å². The molecule has 0 bridgehead atoms. The summed E-state index contributed by atoms with van der Waals surface area (Å²) in [5.41, 5.74) is 1.04. The molecule has 0 N–H and O–H groups in total. The fourth-order valence-corrected chi connectivity index (χ4v) is 4.54. The second-order valence-electron chi connectivity index (χ2n) is 8.41. The van der Waals surface area contributed by atoms with Gasteiger partial charge in [-0.3, -0.25) is 19.3 Å². The maximum absolute atomic E-state index is 12.8. The van der Waals surface area contributed by atoms with Gasteiger partial charge in [0.2, 0.25) is 11.8 Å². The normalized spacial score (nSPS) is 20.1. The SMILES string of the molecule is C[C@@H](Cn1cncn1)C(=O)N1CCC2(CCC(=O)N(Cc3ccccn3)C2)CC1. The zero-order valence-corrected chi connectivity index (χ0v) is 16.9. The highest BCUT2D eigenvalue weighted by atomic mass is 16.2. The topological polar surface area (TPSA) is 84.2 Å². The van der Waals surface area contributed by atoms with Crippen LogP contribution >= 0.6 is 0 Å². The van der Waals surface area contributed by atoms with Crippen molar-refractivity contribution < 1.29 is 9.59 Å². The molecule has 2 aliphatic heterocycles. The van der Waals surface area contributed by atoms with Crippen LogP contribution in [0.1, 0.15) is 38.3 Å². The molecule has 2 fully saturated rings. The molecule has 154 valence electrons. The quantitative estimate of drug-likeness (QED) is 0.769. The number of amides is 2. The van der Waals surface area contributed by atoms with Crippen molar-refractivity contribution in [1.82, 2.24) is 29.5 Å². The second-order valence-corrected chi connectivity index (χ2v) is 8.41. The fourth-order valence-electron chi connectivity index (χ4n) is 4.54. The standard InChI is InChI=1S/C21H28N6O2/c1-17(12-27-16-22-15-24-27)20(29)25-10-7-21(8-11-25)6-5-19(28)26(14-21)13-18-4-2-3-9-23-18/h2-4,9,15-17H,5-8,10-14H2,1H3/t17-/m0/s1. The summed E-state index contributed by atoms with van der Waals surface area (Å²) in [5, 5.41) is 4.09. The third kappa shape index (κ3) is 4.46. The van der Waals surface area contributed by atoms with E-state index in [1.54, 1.807) is 17.2 Å². The summed E-state index contributed by atoms with van der Waals surface area (Å²) in [6.45, 7) is 5.34. The van der Waals surface area contributed by atoms with E-state index >= 15 is 0 Å². The zero-order valence-electron chi connectivity index (χ0n) is 16.9. The van der Waals surface area contributed by atoms with Crippen LogP contribution < -0.4 is 0 Å². The van der Waals surface area contributed by atoms with E-state index in [4.69, 9.17) is 0 Å². The highest BCUT2D eigenvalue weighted by Crippen LogP contribution is 2.40. The van der Waals surface area contributed by atoms with Crippen molar-refractivity contribution >= 4 is 11.8 Å². The van der Waals surface area contributed by atoms with Gasteiger partial charge in [0.25, 0.3) is 0 Å². The lowest BCUT2D eigenvalue weighted by Crippen LogP contribution is -2.52. The molecule has 4 heterocycles. The molecule has 2 aromatic rings. The third-order valence-corrected chi connectivity index (χ3v) is 6.31. The number of likely N-dealkylation sites (tertiary alicyclic amines) is 2. The number of pyridine rings is 1. The van der Waals surface area contributed by atoms with Crippen molar-refractivity contribution in [2.75, 3.05) is 19.6 Å². The van der Waals surface area contributed by atoms with E-state index in [0.29, 0.717) is 19.5 Å². The maximum Gasteiger partial charge on any atom is 0.227 e. The summed E-state index contributed by atoms with van der Waals surface area (Å²) in [6, 6.07) is 5.81. The van der Waals surface area contributed by atoms with E-state index < -0.39 is 0 Å². The van der Waals surface area contributed by atoms with E-state index in [2.05, 4.69) is 15.1 Å². The monoisotopic (exact) mass is 396 g/mol. The van der Waals surface area contributed by atoms with Gasteiger partial charge in [-0.2, -0.15) is 5.10 Å². The first-order valence-corrected chi connectivity index (χ1v) is 10.3. The molecule has 0 saturated carbocycles. The number of carbonyl (C=O) groups is 2. The lowest BCUT2D eigenvalue weighted by atomic mass is 9.72. The van der Waals surface area contributed by atoms with Crippen molar-refractivity contribution in [2.45, 2.75) is 45.7 Å². The average molecular weight is 396 g/mol. The van der Waals surface area contributed by atoms with Gasteiger partial charge in [-0.25, -0.2) is 4.98 Å². The molecule has 4 rings (SSSR count). The van der Waals surface area contributed by atoms with Crippen LogP contribution in [0.3, 0.4) is 0 Å². The van der Waals surface area contributed by atoms with Crippen LogP contribution in [0.4, 0.5) is 0 Å². The van der Waals surface area contributed by atoms with E-state index in [1.165, 1.54) is 6.33 Å². The minimum absolute atomic E-state index is 0.120. The van der Waals surface area contributed by atoms with Crippen LogP contribution in [0, 0.1) is 11.3 Å². The number of hydrogen-bond donors (Lipinski definition) is 0. The molecule has 2 amide bonds. The Morgan fingerprint density at radius 3 is 2.76 bits per heavy atom. The van der Waals surface area contributed by atoms with Crippen LogP contribution in [0.2, 0.25) is 0 Å². The average Bonchev–Trinajstić information content (AvgIpc) is 3.25. The second kappa shape index (κ2) is 8.31. The van der Waals surface area contributed by atoms with Crippen molar-refractivity contribution in [1.29, 1.82) is 0 Å². The molecule has 1 atom stereocenters. The molecule has 2 saturated heterocycles. The van der Waals surface area contributed by atoms with Crippen LogP contribution in [-0.4, -0.2) is 61.0 Å². The predicted molar refractivity (Wildman–Crippen MR) is 106 cm³/mol. The van der Waals surface area contributed by atoms with Crippen LogP contribution in [-0.2, 0) is 22.7 Å². The van der Waals surface area contributed by atoms with Crippen LogP contribution in [0.15, 0.2) is 37.1 Å². The van der Waals surface area contributed by atoms with E-state index in [9.17, 15) is 9.59 Å². The number of hydrogen-bond acceptors (Lipinski definition) is 5. The molecular weight excluding hydrogens is 368 g/mol.